The summed E-state index contributed by atoms with van der Waals surface area (Å²) in [6, 6.07) is 15.1. The highest BCUT2D eigenvalue weighted by Crippen LogP contribution is 2.62. The summed E-state index contributed by atoms with van der Waals surface area (Å²) in [5, 5.41) is 10.8. The lowest BCUT2D eigenvalue weighted by atomic mass is 9.65. The van der Waals surface area contributed by atoms with Crippen LogP contribution in [-0.2, 0) is 17.7 Å². The molecular weight excluding hydrogens is 570 g/mol. The van der Waals surface area contributed by atoms with Crippen LogP contribution in [0.1, 0.15) is 91.1 Å². The lowest BCUT2D eigenvalue weighted by Crippen LogP contribution is -2.48. The molecule has 2 bridgehead atoms. The smallest absolute Gasteiger partial charge is 0.410 e. The van der Waals surface area contributed by atoms with Crippen molar-refractivity contribution in [3.05, 3.63) is 94.5 Å². The fraction of sp³-hybridized carbons (Fsp3) is 0.459. The molecule has 3 aliphatic carbocycles. The molecule has 2 fully saturated rings. The number of hydrogen-bond donors (Lipinski definition) is 1. The summed E-state index contributed by atoms with van der Waals surface area (Å²) in [7, 11) is 3.23. The van der Waals surface area contributed by atoms with Crippen molar-refractivity contribution in [3.63, 3.8) is 0 Å². The Hall–Kier alpha value is -4.04. The van der Waals surface area contributed by atoms with Gasteiger partial charge in [0.05, 0.1) is 39.7 Å². The minimum absolute atomic E-state index is 0.0368. The fourth-order valence-electron chi connectivity index (χ4n) is 7.83. The van der Waals surface area contributed by atoms with Gasteiger partial charge in [-0.1, -0.05) is 30.7 Å². The van der Waals surface area contributed by atoms with E-state index >= 15 is 0 Å². The minimum Gasteiger partial charge on any atom is -0.497 e. The van der Waals surface area contributed by atoms with Gasteiger partial charge in [0.25, 0.3) is 0 Å². The predicted octanol–water partition coefficient (Wildman–Crippen LogP) is 7.23. The summed E-state index contributed by atoms with van der Waals surface area (Å²) in [5.41, 5.74) is 3.39. The van der Waals surface area contributed by atoms with Gasteiger partial charge in [-0.25, -0.2) is 4.79 Å². The van der Waals surface area contributed by atoms with Crippen LogP contribution in [0.2, 0.25) is 0 Å². The van der Waals surface area contributed by atoms with E-state index in [0.29, 0.717) is 49.4 Å². The number of amides is 1. The second-order valence-corrected chi connectivity index (χ2v) is 13.1. The van der Waals surface area contributed by atoms with E-state index in [1.54, 1.807) is 31.3 Å². The van der Waals surface area contributed by atoms with E-state index in [9.17, 15) is 14.7 Å². The Labute approximate surface area is 265 Å². The van der Waals surface area contributed by atoms with Gasteiger partial charge in [0.2, 0.25) is 5.78 Å². The summed E-state index contributed by atoms with van der Waals surface area (Å²) in [6.07, 6.45) is 7.91. The van der Waals surface area contributed by atoms with Crippen molar-refractivity contribution in [1.29, 1.82) is 0 Å². The number of benzene rings is 2. The predicted molar refractivity (Wildman–Crippen MR) is 170 cm³/mol. The van der Waals surface area contributed by atoms with E-state index in [1.807, 2.05) is 30.3 Å². The molecule has 1 aliphatic heterocycles. The van der Waals surface area contributed by atoms with Crippen molar-refractivity contribution in [1.82, 2.24) is 4.90 Å². The van der Waals surface area contributed by atoms with E-state index in [2.05, 4.69) is 26.0 Å². The molecule has 1 aromatic heterocycles. The Morgan fingerprint density at radius 3 is 2.69 bits per heavy atom. The Morgan fingerprint density at radius 1 is 1.09 bits per heavy atom. The molecule has 1 spiro atoms. The summed E-state index contributed by atoms with van der Waals surface area (Å²) < 4.78 is 23.0. The molecule has 7 rings (SSSR count). The number of fused-ring (bicyclic) bond motifs is 8. The number of nitrogens with zero attached hydrogens (tertiary/aromatic N) is 1. The quantitative estimate of drug-likeness (QED) is 0.231. The number of rotatable bonds is 6. The number of furan rings is 1. The van der Waals surface area contributed by atoms with Crippen molar-refractivity contribution in [2.75, 3.05) is 20.8 Å². The van der Waals surface area contributed by atoms with Crippen molar-refractivity contribution in [2.24, 2.45) is 5.41 Å². The zero-order valence-corrected chi connectivity index (χ0v) is 26.6. The number of ketones is 1. The van der Waals surface area contributed by atoms with E-state index < -0.39 is 17.1 Å². The minimum atomic E-state index is -0.729. The molecule has 1 amide bonds. The van der Waals surface area contributed by atoms with Gasteiger partial charge in [-0.05, 0) is 99.2 Å². The number of ether oxygens (including phenoxy) is 3. The van der Waals surface area contributed by atoms with Gasteiger partial charge < -0.3 is 23.7 Å². The van der Waals surface area contributed by atoms with E-state index in [1.165, 1.54) is 11.8 Å². The molecule has 2 aromatic carbocycles. The maximum atomic E-state index is 13.9. The number of methoxy groups -OCH3 is 2. The SMILES string of the molecule is COc1ccc(CN2C[C@@]3(CC[C@H]4c5ccc(cc5C(=O)c5ccco5)C[C@@H](O)CCC(C)=CCC[C@@]43C)OC2=O)c(OC)c1. The first-order valence-corrected chi connectivity index (χ1v) is 15.9. The average molecular weight is 614 g/mol. The molecule has 3 aromatic rings. The molecular formula is C37H43NO7. The zero-order chi connectivity index (χ0) is 31.8. The maximum Gasteiger partial charge on any atom is 0.410 e. The lowest BCUT2D eigenvalue weighted by Gasteiger charge is -2.43. The van der Waals surface area contributed by atoms with Crippen LogP contribution in [0.3, 0.4) is 0 Å². The second-order valence-electron chi connectivity index (χ2n) is 13.1. The Bertz CT molecular complexity index is 1590. The number of aliphatic hydroxyl groups excluding tert-OH is 1. The largest absolute Gasteiger partial charge is 0.497 e. The second kappa shape index (κ2) is 12.4. The van der Waals surface area contributed by atoms with Crippen molar-refractivity contribution >= 4 is 11.9 Å². The molecule has 45 heavy (non-hydrogen) atoms. The van der Waals surface area contributed by atoms with Crippen molar-refractivity contribution in [2.45, 2.75) is 83.0 Å². The van der Waals surface area contributed by atoms with Gasteiger partial charge in [-0.3, -0.25) is 9.69 Å². The van der Waals surface area contributed by atoms with Gasteiger partial charge >= 0.3 is 6.09 Å². The third-order valence-electron chi connectivity index (χ3n) is 10.5. The monoisotopic (exact) mass is 613 g/mol. The van der Waals surface area contributed by atoms with Gasteiger partial charge in [-0.2, -0.15) is 0 Å². The van der Waals surface area contributed by atoms with Crippen LogP contribution in [0, 0.1) is 5.41 Å². The third-order valence-corrected chi connectivity index (χ3v) is 10.5. The average Bonchev–Trinajstić information content (AvgIpc) is 3.75. The fourth-order valence-corrected chi connectivity index (χ4v) is 7.83. The maximum absolute atomic E-state index is 13.9. The lowest BCUT2D eigenvalue weighted by molar-refractivity contribution is -0.0373. The first-order valence-electron chi connectivity index (χ1n) is 15.9. The normalized spacial score (nSPS) is 26.7. The molecule has 8 nitrogen and oxygen atoms in total. The third kappa shape index (κ3) is 5.76. The molecule has 1 saturated carbocycles. The molecule has 4 aliphatic rings. The molecule has 4 atom stereocenters. The van der Waals surface area contributed by atoms with Crippen LogP contribution in [0.15, 0.2) is 70.9 Å². The first-order chi connectivity index (χ1) is 21.7. The van der Waals surface area contributed by atoms with Gasteiger partial charge in [0.1, 0.15) is 17.1 Å². The van der Waals surface area contributed by atoms with Crippen LogP contribution in [0.25, 0.3) is 0 Å². The molecule has 8 heteroatoms. The highest BCUT2D eigenvalue weighted by molar-refractivity contribution is 6.08. The number of carbonyl (C=O) groups excluding carboxylic acids is 2. The van der Waals surface area contributed by atoms with Crippen LogP contribution in [0.4, 0.5) is 4.79 Å². The number of allylic oxidation sites excluding steroid dienone is 2. The van der Waals surface area contributed by atoms with E-state index in [0.717, 1.165) is 42.4 Å². The number of aliphatic hydroxyl groups is 1. The van der Waals surface area contributed by atoms with Crippen LogP contribution in [0.5, 0.6) is 11.5 Å². The highest BCUT2D eigenvalue weighted by Gasteiger charge is 2.64. The van der Waals surface area contributed by atoms with E-state index in [-0.39, 0.29) is 23.6 Å². The van der Waals surface area contributed by atoms with Crippen LogP contribution < -0.4 is 9.47 Å². The van der Waals surface area contributed by atoms with Crippen LogP contribution in [-0.4, -0.2) is 54.4 Å². The summed E-state index contributed by atoms with van der Waals surface area (Å²) in [5.74, 6) is 1.42. The van der Waals surface area contributed by atoms with E-state index in [4.69, 9.17) is 18.6 Å². The summed E-state index contributed by atoms with van der Waals surface area (Å²) in [6.45, 7) is 5.16. The van der Waals surface area contributed by atoms with Gasteiger partial charge in [-0.15, -0.1) is 0 Å². The molecule has 1 saturated heterocycles. The highest BCUT2D eigenvalue weighted by atomic mass is 16.6. The molecule has 0 radical (unpaired) electrons. The van der Waals surface area contributed by atoms with Crippen LogP contribution >= 0.6 is 0 Å². The van der Waals surface area contributed by atoms with Gasteiger partial charge in [0.15, 0.2) is 5.76 Å². The van der Waals surface area contributed by atoms with Crippen molar-refractivity contribution < 1.29 is 33.3 Å². The summed E-state index contributed by atoms with van der Waals surface area (Å²) >= 11 is 0. The van der Waals surface area contributed by atoms with Crippen molar-refractivity contribution in [3.8, 4) is 11.5 Å². The Balaban J connectivity index is 1.40. The number of hydrogen-bond acceptors (Lipinski definition) is 7. The molecule has 238 valence electrons. The topological polar surface area (TPSA) is 98.4 Å². The standard InChI is InChI=1S/C37H43NO7/c1-24-7-5-16-36(2)31(29-14-10-25(19-27(39)12-9-24)20-30(29)34(40)32-8-6-18-44-32)15-17-37(36)23-38(35(41)45-37)22-26-11-13-28(42-3)21-33(26)43-4/h6-8,10-11,13-14,18,20-21,27,31,39H,5,9,12,15-17,19,22-23H2,1-4H3/t27-,31-,36-,37+/m0/s1. The summed E-state index contributed by atoms with van der Waals surface area (Å²) in [4.78, 5) is 29.3. The zero-order valence-electron chi connectivity index (χ0n) is 26.6. The Morgan fingerprint density at radius 2 is 1.93 bits per heavy atom. The Kier molecular flexibility index (Phi) is 8.53. The van der Waals surface area contributed by atoms with Gasteiger partial charge in [0, 0.05) is 22.6 Å². The molecule has 1 N–H and O–H groups in total. The molecule has 0 unspecified atom stereocenters. The molecule has 2 heterocycles. The number of carbonyl (C=O) groups is 2. The first kappa shape index (κ1) is 31.0.